The Morgan fingerprint density at radius 1 is 1.45 bits per heavy atom. The van der Waals surface area contributed by atoms with Gasteiger partial charge in [0.25, 0.3) is 0 Å². The van der Waals surface area contributed by atoms with E-state index in [0.717, 1.165) is 22.8 Å². The van der Waals surface area contributed by atoms with E-state index in [9.17, 15) is 0 Å². The summed E-state index contributed by atoms with van der Waals surface area (Å²) >= 11 is 7.98. The first-order valence-corrected chi connectivity index (χ1v) is 8.32. The predicted octanol–water partition coefficient (Wildman–Crippen LogP) is 5.35. The van der Waals surface area contributed by atoms with E-state index >= 15 is 0 Å². The highest BCUT2D eigenvalue weighted by Gasteiger charge is 2.18. The minimum atomic E-state index is 0.681. The van der Waals surface area contributed by atoms with Crippen molar-refractivity contribution in [3.05, 3.63) is 34.3 Å². The number of aromatic nitrogens is 1. The summed E-state index contributed by atoms with van der Waals surface area (Å²) in [4.78, 5) is 4.43. The summed E-state index contributed by atoms with van der Waals surface area (Å²) in [6, 6.07) is 4.00. The van der Waals surface area contributed by atoms with E-state index in [-0.39, 0.29) is 0 Å². The highest BCUT2D eigenvalue weighted by atomic mass is 35.5. The highest BCUT2D eigenvalue weighted by molar-refractivity contribution is 7.16. The summed E-state index contributed by atoms with van der Waals surface area (Å²) in [7, 11) is 0. The molecule has 1 aliphatic carbocycles. The van der Waals surface area contributed by atoms with Crippen molar-refractivity contribution in [1.82, 2.24) is 4.98 Å². The second-order valence-electron chi connectivity index (χ2n) is 5.80. The van der Waals surface area contributed by atoms with Crippen molar-refractivity contribution in [2.75, 3.05) is 11.9 Å². The van der Waals surface area contributed by atoms with Crippen molar-refractivity contribution in [2.24, 2.45) is 11.8 Å². The van der Waals surface area contributed by atoms with Crippen molar-refractivity contribution in [3.8, 4) is 0 Å². The summed E-state index contributed by atoms with van der Waals surface area (Å²) in [6.45, 7) is 5.49. The number of allylic oxidation sites excluding steroid dienone is 2. The molecule has 0 saturated heterocycles. The minimum absolute atomic E-state index is 0.681. The zero-order chi connectivity index (χ0) is 14.1. The fourth-order valence-electron chi connectivity index (χ4n) is 3.16. The van der Waals surface area contributed by atoms with Crippen LogP contribution in [-0.2, 0) is 0 Å². The van der Waals surface area contributed by atoms with Gasteiger partial charge in [0.1, 0.15) is 5.52 Å². The molecule has 0 spiro atoms. The standard InChI is InChI=1S/C16H19ClN2S/c1-10-5-11(2)7-12(6-10)8-18-15-13(17)3-4-14-16(15)19-9-20-14/h3-5,9-10,12,18H,6-8H2,1-2H3. The SMILES string of the molecule is CC1=CC(C)CC(CNc2c(Cl)ccc3scnc23)C1. The van der Waals surface area contributed by atoms with Gasteiger partial charge in [-0.3, -0.25) is 0 Å². The molecule has 3 rings (SSSR count). The van der Waals surface area contributed by atoms with E-state index in [2.05, 4.69) is 30.2 Å². The molecule has 0 aliphatic heterocycles. The molecule has 1 aromatic heterocycles. The summed E-state index contributed by atoms with van der Waals surface area (Å²) in [5, 5.41) is 4.30. The maximum Gasteiger partial charge on any atom is 0.106 e. The van der Waals surface area contributed by atoms with Crippen LogP contribution in [0.4, 0.5) is 5.69 Å². The Balaban J connectivity index is 1.76. The molecule has 0 saturated carbocycles. The summed E-state index contributed by atoms with van der Waals surface area (Å²) in [6.07, 6.45) is 4.82. The molecule has 20 heavy (non-hydrogen) atoms. The first-order valence-electron chi connectivity index (χ1n) is 7.06. The molecule has 1 heterocycles. The van der Waals surface area contributed by atoms with Crippen LogP contribution in [0.3, 0.4) is 0 Å². The maximum absolute atomic E-state index is 6.33. The fourth-order valence-corrected chi connectivity index (χ4v) is 4.07. The average molecular weight is 307 g/mol. The minimum Gasteiger partial charge on any atom is -0.382 e. The predicted molar refractivity (Wildman–Crippen MR) is 88.8 cm³/mol. The van der Waals surface area contributed by atoms with Crippen molar-refractivity contribution >= 4 is 38.8 Å². The summed E-state index contributed by atoms with van der Waals surface area (Å²) < 4.78 is 1.19. The van der Waals surface area contributed by atoms with E-state index in [1.807, 2.05) is 17.6 Å². The van der Waals surface area contributed by atoms with Gasteiger partial charge in [0.2, 0.25) is 0 Å². The van der Waals surface area contributed by atoms with Gasteiger partial charge >= 0.3 is 0 Å². The quantitative estimate of drug-likeness (QED) is 0.773. The number of anilines is 1. The van der Waals surface area contributed by atoms with E-state index in [0.29, 0.717) is 11.8 Å². The van der Waals surface area contributed by atoms with Crippen LogP contribution in [0.1, 0.15) is 26.7 Å². The van der Waals surface area contributed by atoms with Gasteiger partial charge in [-0.1, -0.05) is 30.2 Å². The van der Waals surface area contributed by atoms with Crippen molar-refractivity contribution < 1.29 is 0 Å². The topological polar surface area (TPSA) is 24.9 Å². The van der Waals surface area contributed by atoms with Gasteiger partial charge in [-0.05, 0) is 43.7 Å². The lowest BCUT2D eigenvalue weighted by Crippen LogP contribution is -2.20. The number of nitrogens with zero attached hydrogens (tertiary/aromatic N) is 1. The Labute approximate surface area is 128 Å². The highest BCUT2D eigenvalue weighted by Crippen LogP contribution is 2.34. The molecule has 2 nitrogen and oxygen atoms in total. The normalized spacial score (nSPS) is 22.9. The second kappa shape index (κ2) is 5.74. The molecule has 2 atom stereocenters. The van der Waals surface area contributed by atoms with Crippen LogP contribution in [0.2, 0.25) is 5.02 Å². The number of nitrogens with one attached hydrogen (secondary N) is 1. The molecule has 2 aromatic rings. The van der Waals surface area contributed by atoms with Gasteiger partial charge in [0.15, 0.2) is 0 Å². The molecule has 0 bridgehead atoms. The lowest BCUT2D eigenvalue weighted by molar-refractivity contribution is 0.421. The third kappa shape index (κ3) is 2.84. The number of fused-ring (bicyclic) bond motifs is 1. The number of thiazole rings is 1. The molecule has 1 aliphatic rings. The fraction of sp³-hybridized carbons (Fsp3) is 0.438. The smallest absolute Gasteiger partial charge is 0.106 e. The molecule has 4 heteroatoms. The summed E-state index contributed by atoms with van der Waals surface area (Å²) in [5.41, 5.74) is 5.37. The molecular weight excluding hydrogens is 288 g/mol. The van der Waals surface area contributed by atoms with Crippen molar-refractivity contribution in [2.45, 2.75) is 26.7 Å². The maximum atomic E-state index is 6.33. The van der Waals surface area contributed by atoms with E-state index in [1.54, 1.807) is 11.3 Å². The van der Waals surface area contributed by atoms with E-state index in [1.165, 1.54) is 23.1 Å². The lowest BCUT2D eigenvalue weighted by atomic mass is 9.84. The van der Waals surface area contributed by atoms with Gasteiger partial charge in [0.05, 0.1) is 20.9 Å². The molecule has 0 amide bonds. The Morgan fingerprint density at radius 3 is 3.10 bits per heavy atom. The number of hydrogen-bond donors (Lipinski definition) is 1. The van der Waals surface area contributed by atoms with Crippen molar-refractivity contribution in [1.29, 1.82) is 0 Å². The van der Waals surface area contributed by atoms with Crippen LogP contribution in [0.15, 0.2) is 29.3 Å². The van der Waals surface area contributed by atoms with Gasteiger partial charge in [-0.25, -0.2) is 4.98 Å². The van der Waals surface area contributed by atoms with Gasteiger partial charge in [-0.2, -0.15) is 0 Å². The van der Waals surface area contributed by atoms with E-state index in [4.69, 9.17) is 11.6 Å². The van der Waals surface area contributed by atoms with Crippen LogP contribution in [0.25, 0.3) is 10.2 Å². The number of halogens is 1. The van der Waals surface area contributed by atoms with Crippen molar-refractivity contribution in [3.63, 3.8) is 0 Å². The molecule has 0 fully saturated rings. The molecule has 2 unspecified atom stereocenters. The van der Waals surface area contributed by atoms with Gasteiger partial charge in [0, 0.05) is 6.54 Å². The Hall–Kier alpha value is -1.06. The zero-order valence-electron chi connectivity index (χ0n) is 11.8. The lowest BCUT2D eigenvalue weighted by Gasteiger charge is -2.26. The monoisotopic (exact) mass is 306 g/mol. The largest absolute Gasteiger partial charge is 0.382 e. The number of hydrogen-bond acceptors (Lipinski definition) is 3. The van der Waals surface area contributed by atoms with Crippen LogP contribution in [0.5, 0.6) is 0 Å². The molecule has 1 N–H and O–H groups in total. The number of rotatable bonds is 3. The molecular formula is C16H19ClN2S. The Bertz CT molecular complexity index is 647. The molecule has 106 valence electrons. The second-order valence-corrected chi connectivity index (χ2v) is 7.09. The van der Waals surface area contributed by atoms with Crippen LogP contribution < -0.4 is 5.32 Å². The third-order valence-electron chi connectivity index (χ3n) is 3.90. The first-order chi connectivity index (χ1) is 9.63. The Morgan fingerprint density at radius 2 is 2.30 bits per heavy atom. The van der Waals surface area contributed by atoms with Crippen LogP contribution >= 0.6 is 22.9 Å². The first kappa shape index (κ1) is 13.9. The van der Waals surface area contributed by atoms with E-state index < -0.39 is 0 Å². The molecule has 1 aromatic carbocycles. The van der Waals surface area contributed by atoms with Gasteiger partial charge < -0.3 is 5.32 Å². The summed E-state index contributed by atoms with van der Waals surface area (Å²) in [5.74, 6) is 1.36. The number of benzene rings is 1. The third-order valence-corrected chi connectivity index (χ3v) is 5.01. The zero-order valence-corrected chi connectivity index (χ0v) is 13.4. The molecule has 0 radical (unpaired) electrons. The Kier molecular flexibility index (Phi) is 3.99. The van der Waals surface area contributed by atoms with Gasteiger partial charge in [-0.15, -0.1) is 11.3 Å². The average Bonchev–Trinajstić information content (AvgIpc) is 2.85. The van der Waals surface area contributed by atoms with Crippen LogP contribution in [-0.4, -0.2) is 11.5 Å². The van der Waals surface area contributed by atoms with Crippen LogP contribution in [0, 0.1) is 11.8 Å².